The van der Waals surface area contributed by atoms with Crippen LogP contribution in [0.2, 0.25) is 0 Å². The molecule has 2 aromatic rings. The van der Waals surface area contributed by atoms with Gasteiger partial charge in [-0.05, 0) is 37.2 Å². The monoisotopic (exact) mass is 387 g/mol. The summed E-state index contributed by atoms with van der Waals surface area (Å²) in [6, 6.07) is 14.4. The van der Waals surface area contributed by atoms with E-state index in [4.69, 9.17) is 0 Å². The minimum Gasteiger partial charge on any atom is -0.348 e. The van der Waals surface area contributed by atoms with Gasteiger partial charge in [0.25, 0.3) is 5.91 Å². The highest BCUT2D eigenvalue weighted by Crippen LogP contribution is 2.21. The van der Waals surface area contributed by atoms with Crippen molar-refractivity contribution < 1.29 is 13.2 Å². The second-order valence-electron chi connectivity index (χ2n) is 6.85. The summed E-state index contributed by atoms with van der Waals surface area (Å²) in [5, 5.41) is 2.87. The van der Waals surface area contributed by atoms with Crippen molar-refractivity contribution in [2.24, 2.45) is 0 Å². The number of nitrogens with zero attached hydrogens (tertiary/aromatic N) is 2. The van der Waals surface area contributed by atoms with Crippen molar-refractivity contribution in [1.29, 1.82) is 0 Å². The van der Waals surface area contributed by atoms with E-state index in [1.807, 2.05) is 44.3 Å². The molecule has 7 heteroatoms. The zero-order valence-electron chi connectivity index (χ0n) is 15.7. The summed E-state index contributed by atoms with van der Waals surface area (Å²) in [5.74, 6) is -0.271. The van der Waals surface area contributed by atoms with Crippen LogP contribution in [0.4, 0.5) is 0 Å². The summed E-state index contributed by atoms with van der Waals surface area (Å²) in [6.45, 7) is 4.54. The lowest BCUT2D eigenvalue weighted by Gasteiger charge is -2.31. The van der Waals surface area contributed by atoms with Gasteiger partial charge in [0.15, 0.2) is 0 Å². The van der Waals surface area contributed by atoms with Crippen molar-refractivity contribution in [1.82, 2.24) is 14.5 Å². The highest BCUT2D eigenvalue weighted by atomic mass is 32.2. The van der Waals surface area contributed by atoms with Gasteiger partial charge in [0.1, 0.15) is 0 Å². The fourth-order valence-electron chi connectivity index (χ4n) is 3.06. The number of nitrogens with one attached hydrogen (secondary N) is 1. The van der Waals surface area contributed by atoms with Crippen LogP contribution in [0, 0.1) is 6.92 Å². The molecule has 0 radical (unpaired) electrons. The topological polar surface area (TPSA) is 69.7 Å². The van der Waals surface area contributed by atoms with Gasteiger partial charge in [-0.15, -0.1) is 0 Å². The third-order valence-corrected chi connectivity index (χ3v) is 6.74. The van der Waals surface area contributed by atoms with Crippen LogP contribution in [0.1, 0.15) is 21.5 Å². The van der Waals surface area contributed by atoms with E-state index in [-0.39, 0.29) is 10.8 Å². The number of hydrogen-bond donors (Lipinski definition) is 1. The molecule has 1 heterocycles. The van der Waals surface area contributed by atoms with Crippen molar-refractivity contribution >= 4 is 15.9 Å². The molecule has 6 nitrogen and oxygen atoms in total. The van der Waals surface area contributed by atoms with Gasteiger partial charge in [-0.1, -0.05) is 36.4 Å². The molecule has 144 valence electrons. The van der Waals surface area contributed by atoms with E-state index < -0.39 is 10.0 Å². The number of aryl methyl sites for hydroxylation is 1. The number of likely N-dealkylation sites (N-methyl/N-ethyl adjacent to an activating group) is 1. The fourth-order valence-corrected chi connectivity index (χ4v) is 4.51. The fraction of sp³-hybridized carbons (Fsp3) is 0.350. The van der Waals surface area contributed by atoms with Crippen LogP contribution in [0.3, 0.4) is 0 Å². The van der Waals surface area contributed by atoms with E-state index >= 15 is 0 Å². The highest BCUT2D eigenvalue weighted by molar-refractivity contribution is 7.89. The van der Waals surface area contributed by atoms with Gasteiger partial charge in [0, 0.05) is 38.3 Å². The summed E-state index contributed by atoms with van der Waals surface area (Å²) in [4.78, 5) is 14.9. The zero-order chi connectivity index (χ0) is 19.4. The highest BCUT2D eigenvalue weighted by Gasteiger charge is 2.28. The number of carbonyl (C=O) groups excluding carboxylic acids is 1. The van der Waals surface area contributed by atoms with Gasteiger partial charge < -0.3 is 10.2 Å². The van der Waals surface area contributed by atoms with Crippen LogP contribution in [0.25, 0.3) is 0 Å². The summed E-state index contributed by atoms with van der Waals surface area (Å²) in [5.41, 5.74) is 2.13. The molecule has 0 saturated carbocycles. The molecule has 1 aliphatic heterocycles. The molecule has 1 fully saturated rings. The maximum absolute atomic E-state index is 12.9. The Balaban J connectivity index is 1.78. The van der Waals surface area contributed by atoms with Crippen LogP contribution in [-0.4, -0.2) is 56.8 Å². The van der Waals surface area contributed by atoms with Crippen LogP contribution in [0.15, 0.2) is 53.4 Å². The zero-order valence-corrected chi connectivity index (χ0v) is 16.5. The van der Waals surface area contributed by atoms with E-state index in [0.717, 1.165) is 11.1 Å². The number of carbonyl (C=O) groups is 1. The van der Waals surface area contributed by atoms with E-state index in [1.54, 1.807) is 12.1 Å². The second-order valence-corrected chi connectivity index (χ2v) is 8.79. The Morgan fingerprint density at radius 1 is 1.04 bits per heavy atom. The SMILES string of the molecule is Cc1ccc(S(=O)(=O)N2CCN(C)CC2)cc1C(=O)NCc1ccccc1. The van der Waals surface area contributed by atoms with Crippen molar-refractivity contribution in [2.75, 3.05) is 33.2 Å². The molecule has 1 amide bonds. The molecule has 2 aromatic carbocycles. The number of hydrogen-bond acceptors (Lipinski definition) is 4. The lowest BCUT2D eigenvalue weighted by molar-refractivity contribution is 0.0950. The Bertz CT molecular complexity index is 905. The molecule has 0 aliphatic carbocycles. The quantitative estimate of drug-likeness (QED) is 0.850. The Labute approximate surface area is 160 Å². The maximum Gasteiger partial charge on any atom is 0.251 e. The number of benzene rings is 2. The first kappa shape index (κ1) is 19.5. The van der Waals surface area contributed by atoms with Gasteiger partial charge in [-0.2, -0.15) is 4.31 Å². The molecule has 3 rings (SSSR count). The van der Waals surface area contributed by atoms with Crippen LogP contribution >= 0.6 is 0 Å². The molecule has 0 atom stereocenters. The van der Waals surface area contributed by atoms with Gasteiger partial charge >= 0.3 is 0 Å². The summed E-state index contributed by atoms with van der Waals surface area (Å²) < 4.78 is 27.4. The lowest BCUT2D eigenvalue weighted by atomic mass is 10.1. The van der Waals surface area contributed by atoms with E-state index in [2.05, 4.69) is 10.2 Å². The van der Waals surface area contributed by atoms with Crippen molar-refractivity contribution in [3.8, 4) is 0 Å². The largest absolute Gasteiger partial charge is 0.348 e. The molecular formula is C20H25N3O3S. The molecule has 27 heavy (non-hydrogen) atoms. The molecule has 1 saturated heterocycles. The number of amides is 1. The molecule has 0 spiro atoms. The van der Waals surface area contributed by atoms with Crippen molar-refractivity contribution in [3.63, 3.8) is 0 Å². The van der Waals surface area contributed by atoms with E-state index in [9.17, 15) is 13.2 Å². The minimum absolute atomic E-state index is 0.169. The standard InChI is InChI=1S/C20H25N3O3S/c1-16-8-9-18(27(25,26)23-12-10-22(2)11-13-23)14-19(16)20(24)21-15-17-6-4-3-5-7-17/h3-9,14H,10-13,15H2,1-2H3,(H,21,24). The molecule has 0 aromatic heterocycles. The molecule has 1 N–H and O–H groups in total. The molecule has 0 unspecified atom stereocenters. The van der Waals surface area contributed by atoms with E-state index in [1.165, 1.54) is 10.4 Å². The van der Waals surface area contributed by atoms with Crippen molar-refractivity contribution in [2.45, 2.75) is 18.4 Å². The van der Waals surface area contributed by atoms with Gasteiger partial charge in [0.05, 0.1) is 4.90 Å². The first-order chi connectivity index (χ1) is 12.9. The smallest absolute Gasteiger partial charge is 0.251 e. The first-order valence-electron chi connectivity index (χ1n) is 8.99. The van der Waals surface area contributed by atoms with Crippen molar-refractivity contribution in [3.05, 3.63) is 65.2 Å². The normalized spacial score (nSPS) is 16.2. The Hall–Kier alpha value is -2.22. The third-order valence-electron chi connectivity index (χ3n) is 4.85. The van der Waals surface area contributed by atoms with Crippen LogP contribution in [0.5, 0.6) is 0 Å². The predicted octanol–water partition coefficient (Wildman–Crippen LogP) is 1.86. The number of rotatable bonds is 5. The summed E-state index contributed by atoms with van der Waals surface area (Å²) in [7, 11) is -1.62. The van der Waals surface area contributed by atoms with Gasteiger partial charge in [-0.3, -0.25) is 4.79 Å². The minimum atomic E-state index is -3.60. The Kier molecular flexibility index (Phi) is 5.94. The van der Waals surface area contributed by atoms with Gasteiger partial charge in [0.2, 0.25) is 10.0 Å². The summed E-state index contributed by atoms with van der Waals surface area (Å²) >= 11 is 0. The van der Waals surface area contributed by atoms with Gasteiger partial charge in [-0.25, -0.2) is 8.42 Å². The molecule has 1 aliphatic rings. The first-order valence-corrected chi connectivity index (χ1v) is 10.4. The van der Waals surface area contributed by atoms with Crippen LogP contribution in [-0.2, 0) is 16.6 Å². The second kappa shape index (κ2) is 8.21. The lowest BCUT2D eigenvalue weighted by Crippen LogP contribution is -2.47. The Morgan fingerprint density at radius 2 is 1.70 bits per heavy atom. The van der Waals surface area contributed by atoms with Crippen LogP contribution < -0.4 is 5.32 Å². The summed E-state index contributed by atoms with van der Waals surface area (Å²) in [6.07, 6.45) is 0. The average Bonchev–Trinajstić information content (AvgIpc) is 2.67. The number of piperazine rings is 1. The Morgan fingerprint density at radius 3 is 2.37 bits per heavy atom. The van der Waals surface area contributed by atoms with E-state index in [0.29, 0.717) is 38.3 Å². The molecular weight excluding hydrogens is 362 g/mol. The predicted molar refractivity (Wildman–Crippen MR) is 105 cm³/mol. The third kappa shape index (κ3) is 4.55. The maximum atomic E-state index is 12.9. The average molecular weight is 388 g/mol. The molecule has 0 bridgehead atoms. The number of sulfonamides is 1.